The molecular formula is C19H23FN2O2. The lowest BCUT2D eigenvalue weighted by Gasteiger charge is -2.22. The van der Waals surface area contributed by atoms with Crippen LogP contribution in [0.15, 0.2) is 53.5 Å². The molecule has 0 fully saturated rings. The first-order valence-electron chi connectivity index (χ1n) is 8.15. The van der Waals surface area contributed by atoms with Crippen molar-refractivity contribution in [2.24, 2.45) is 5.92 Å². The highest BCUT2D eigenvalue weighted by molar-refractivity contribution is 5.76. The number of aryl methyl sites for hydroxylation is 1. The van der Waals surface area contributed by atoms with Crippen LogP contribution >= 0.6 is 0 Å². The van der Waals surface area contributed by atoms with Gasteiger partial charge in [-0.2, -0.15) is 0 Å². The number of nitrogens with one attached hydrogen (secondary N) is 1. The van der Waals surface area contributed by atoms with E-state index in [0.29, 0.717) is 13.0 Å². The summed E-state index contributed by atoms with van der Waals surface area (Å²) in [6, 6.07) is 11.2. The highest BCUT2D eigenvalue weighted by Crippen LogP contribution is 2.11. The van der Waals surface area contributed by atoms with Crippen LogP contribution < -0.4 is 10.9 Å². The lowest BCUT2D eigenvalue weighted by atomic mass is 9.96. The average molecular weight is 330 g/mol. The van der Waals surface area contributed by atoms with Gasteiger partial charge in [-0.05, 0) is 36.1 Å². The van der Waals surface area contributed by atoms with Crippen LogP contribution in [0.25, 0.3) is 0 Å². The molecule has 1 N–H and O–H groups in total. The largest absolute Gasteiger partial charge is 0.353 e. The number of hydrogen-bond donors (Lipinski definition) is 1. The zero-order chi connectivity index (χ0) is 17.5. The van der Waals surface area contributed by atoms with Crippen molar-refractivity contribution in [2.75, 3.05) is 0 Å². The Labute approximate surface area is 141 Å². The summed E-state index contributed by atoms with van der Waals surface area (Å²) in [6.07, 6.45) is 2.57. The first-order valence-corrected chi connectivity index (χ1v) is 8.15. The van der Waals surface area contributed by atoms with Gasteiger partial charge in [-0.15, -0.1) is 0 Å². The quantitative estimate of drug-likeness (QED) is 0.849. The normalized spacial score (nSPS) is 12.2. The smallest absolute Gasteiger partial charge is 0.250 e. The summed E-state index contributed by atoms with van der Waals surface area (Å²) in [7, 11) is 0. The van der Waals surface area contributed by atoms with E-state index in [1.807, 2.05) is 13.8 Å². The zero-order valence-electron chi connectivity index (χ0n) is 14.0. The number of hydrogen-bond acceptors (Lipinski definition) is 2. The van der Waals surface area contributed by atoms with E-state index < -0.39 is 0 Å². The molecule has 0 unspecified atom stereocenters. The van der Waals surface area contributed by atoms with Gasteiger partial charge >= 0.3 is 0 Å². The number of pyridine rings is 1. The van der Waals surface area contributed by atoms with Gasteiger partial charge in [-0.3, -0.25) is 9.59 Å². The van der Waals surface area contributed by atoms with E-state index in [9.17, 15) is 14.0 Å². The molecule has 0 bridgehead atoms. The van der Waals surface area contributed by atoms with Crippen LogP contribution in [0.1, 0.15) is 25.8 Å². The van der Waals surface area contributed by atoms with Gasteiger partial charge in [0, 0.05) is 31.3 Å². The van der Waals surface area contributed by atoms with Crippen molar-refractivity contribution < 1.29 is 9.18 Å². The Morgan fingerprint density at radius 1 is 1.17 bits per heavy atom. The van der Waals surface area contributed by atoms with E-state index in [2.05, 4.69) is 5.32 Å². The number of rotatable bonds is 7. The molecule has 1 heterocycles. The first kappa shape index (κ1) is 17.9. The number of carbonyl (C=O) groups excluding carboxylic acids is 1. The predicted molar refractivity (Wildman–Crippen MR) is 92.2 cm³/mol. The molecular weight excluding hydrogens is 307 g/mol. The molecule has 1 amide bonds. The molecule has 1 aromatic carbocycles. The Balaban J connectivity index is 1.92. The molecule has 0 radical (unpaired) electrons. The minimum absolute atomic E-state index is 0.0320. The molecule has 2 aromatic rings. The van der Waals surface area contributed by atoms with Gasteiger partial charge in [0.1, 0.15) is 5.82 Å². The predicted octanol–water partition coefficient (Wildman–Crippen LogP) is 2.76. The highest BCUT2D eigenvalue weighted by Gasteiger charge is 2.17. The molecule has 1 atom stereocenters. The van der Waals surface area contributed by atoms with Crippen molar-refractivity contribution in [1.82, 2.24) is 9.88 Å². The number of carbonyl (C=O) groups is 1. The minimum Gasteiger partial charge on any atom is -0.353 e. The van der Waals surface area contributed by atoms with E-state index >= 15 is 0 Å². The summed E-state index contributed by atoms with van der Waals surface area (Å²) >= 11 is 0. The van der Waals surface area contributed by atoms with Gasteiger partial charge in [-0.25, -0.2) is 4.39 Å². The number of benzene rings is 1. The lowest BCUT2D eigenvalue weighted by molar-refractivity contribution is -0.122. The number of nitrogens with zero attached hydrogens (tertiary/aromatic N) is 1. The van der Waals surface area contributed by atoms with Crippen LogP contribution in [0, 0.1) is 11.7 Å². The molecule has 0 aliphatic heterocycles. The fourth-order valence-electron chi connectivity index (χ4n) is 2.47. The average Bonchev–Trinajstić information content (AvgIpc) is 2.55. The summed E-state index contributed by atoms with van der Waals surface area (Å²) in [6.45, 7) is 4.43. The maximum atomic E-state index is 13.0. The van der Waals surface area contributed by atoms with E-state index in [-0.39, 0.29) is 35.7 Å². The van der Waals surface area contributed by atoms with Gasteiger partial charge in [0.25, 0.3) is 5.56 Å². The SMILES string of the molecule is CC(C)[C@H](Cc1ccc(F)cc1)NC(=O)CCn1ccccc1=O. The van der Waals surface area contributed by atoms with Crippen LogP contribution in [0.2, 0.25) is 0 Å². The van der Waals surface area contributed by atoms with Crippen LogP contribution in [-0.4, -0.2) is 16.5 Å². The summed E-state index contributed by atoms with van der Waals surface area (Å²) < 4.78 is 14.5. The van der Waals surface area contributed by atoms with Crippen molar-refractivity contribution in [3.63, 3.8) is 0 Å². The maximum absolute atomic E-state index is 13.0. The summed E-state index contributed by atoms with van der Waals surface area (Å²) in [5.41, 5.74) is 0.867. The van der Waals surface area contributed by atoms with Gasteiger partial charge in [0.05, 0.1) is 0 Å². The van der Waals surface area contributed by atoms with Crippen LogP contribution in [0.5, 0.6) is 0 Å². The molecule has 0 aliphatic carbocycles. The molecule has 0 saturated heterocycles. The third-order valence-electron chi connectivity index (χ3n) is 4.00. The topological polar surface area (TPSA) is 51.1 Å². The first-order chi connectivity index (χ1) is 11.5. The highest BCUT2D eigenvalue weighted by atomic mass is 19.1. The third-order valence-corrected chi connectivity index (χ3v) is 4.00. The van der Waals surface area contributed by atoms with E-state index in [1.54, 1.807) is 30.5 Å². The fraction of sp³-hybridized carbons (Fsp3) is 0.368. The van der Waals surface area contributed by atoms with E-state index in [1.165, 1.54) is 22.8 Å². The van der Waals surface area contributed by atoms with Crippen molar-refractivity contribution in [3.05, 3.63) is 70.4 Å². The Morgan fingerprint density at radius 2 is 1.88 bits per heavy atom. The summed E-state index contributed by atoms with van der Waals surface area (Å²) in [5, 5.41) is 3.02. The zero-order valence-corrected chi connectivity index (χ0v) is 14.0. The van der Waals surface area contributed by atoms with E-state index in [0.717, 1.165) is 5.56 Å². The van der Waals surface area contributed by atoms with Crippen LogP contribution in [0.4, 0.5) is 4.39 Å². The number of aromatic nitrogens is 1. The fourth-order valence-corrected chi connectivity index (χ4v) is 2.47. The summed E-state index contributed by atoms with van der Waals surface area (Å²) in [5.74, 6) is -0.109. The van der Waals surface area contributed by atoms with Crippen molar-refractivity contribution >= 4 is 5.91 Å². The molecule has 5 heteroatoms. The van der Waals surface area contributed by atoms with Crippen molar-refractivity contribution in [3.8, 4) is 0 Å². The van der Waals surface area contributed by atoms with Gasteiger partial charge in [0.2, 0.25) is 5.91 Å². The lowest BCUT2D eigenvalue weighted by Crippen LogP contribution is -2.40. The molecule has 0 spiro atoms. The second kappa shape index (κ2) is 8.43. The second-order valence-electron chi connectivity index (χ2n) is 6.23. The molecule has 24 heavy (non-hydrogen) atoms. The minimum atomic E-state index is -0.266. The number of halogens is 1. The Morgan fingerprint density at radius 3 is 2.50 bits per heavy atom. The Kier molecular flexibility index (Phi) is 6.29. The molecule has 0 aliphatic rings. The molecule has 4 nitrogen and oxygen atoms in total. The Hall–Kier alpha value is -2.43. The van der Waals surface area contributed by atoms with E-state index in [4.69, 9.17) is 0 Å². The number of amides is 1. The molecule has 2 rings (SSSR count). The maximum Gasteiger partial charge on any atom is 0.250 e. The van der Waals surface area contributed by atoms with Gasteiger partial charge < -0.3 is 9.88 Å². The standard InChI is InChI=1S/C19H23FN2O2/c1-14(2)17(13-15-6-8-16(20)9-7-15)21-18(23)10-12-22-11-4-3-5-19(22)24/h3-9,11,14,17H,10,12-13H2,1-2H3,(H,21,23)/t17-/m0/s1. The van der Waals surface area contributed by atoms with Crippen molar-refractivity contribution in [1.29, 1.82) is 0 Å². The molecule has 1 aromatic heterocycles. The second-order valence-corrected chi connectivity index (χ2v) is 6.23. The van der Waals surface area contributed by atoms with Crippen LogP contribution in [0.3, 0.4) is 0 Å². The molecule has 0 saturated carbocycles. The van der Waals surface area contributed by atoms with Gasteiger partial charge in [0.15, 0.2) is 0 Å². The third kappa shape index (κ3) is 5.33. The monoisotopic (exact) mass is 330 g/mol. The van der Waals surface area contributed by atoms with Crippen LogP contribution in [-0.2, 0) is 17.8 Å². The molecule has 128 valence electrons. The van der Waals surface area contributed by atoms with Gasteiger partial charge in [-0.1, -0.05) is 32.0 Å². The summed E-state index contributed by atoms with van der Waals surface area (Å²) in [4.78, 5) is 23.8. The van der Waals surface area contributed by atoms with Crippen molar-refractivity contribution in [2.45, 2.75) is 39.3 Å². The Bertz CT molecular complexity index is 723.